The van der Waals surface area contributed by atoms with E-state index >= 15 is 0 Å². The van der Waals surface area contributed by atoms with Crippen molar-refractivity contribution in [3.63, 3.8) is 0 Å². The van der Waals surface area contributed by atoms with E-state index in [4.69, 9.17) is 0 Å². The number of nitrogens with zero attached hydrogens (tertiary/aromatic N) is 1. The summed E-state index contributed by atoms with van der Waals surface area (Å²) in [5.41, 5.74) is -0.0341. The van der Waals surface area contributed by atoms with Crippen LogP contribution in [-0.4, -0.2) is 36.8 Å². The number of aliphatic carboxylic acids is 1. The molecule has 0 atom stereocenters. The van der Waals surface area contributed by atoms with Crippen molar-refractivity contribution >= 4 is 16.0 Å². The highest BCUT2D eigenvalue weighted by Gasteiger charge is 2.41. The lowest BCUT2D eigenvalue weighted by Crippen LogP contribution is -2.42. The van der Waals surface area contributed by atoms with Gasteiger partial charge in [0.15, 0.2) is 0 Å². The maximum atomic E-state index is 12.0. The van der Waals surface area contributed by atoms with Crippen LogP contribution in [0.4, 0.5) is 0 Å². The molecule has 0 aromatic carbocycles. The predicted molar refractivity (Wildman–Crippen MR) is 78.3 cm³/mol. The fraction of sp³-hybridized carbons (Fsp3) is 0.571. The van der Waals surface area contributed by atoms with Crippen LogP contribution in [0.2, 0.25) is 0 Å². The van der Waals surface area contributed by atoms with Crippen LogP contribution < -0.4 is 4.72 Å². The summed E-state index contributed by atoms with van der Waals surface area (Å²) in [6.45, 7) is -0.0129. The first-order valence-corrected chi connectivity index (χ1v) is 8.68. The number of nitrogens with one attached hydrogen (secondary N) is 1. The Kier molecular flexibility index (Phi) is 4.95. The molecule has 116 valence electrons. The number of pyridine rings is 1. The van der Waals surface area contributed by atoms with Gasteiger partial charge in [-0.15, -0.1) is 0 Å². The Morgan fingerprint density at radius 2 is 1.90 bits per heavy atom. The lowest BCUT2D eigenvalue weighted by atomic mass is 9.87. The van der Waals surface area contributed by atoms with Gasteiger partial charge in [0, 0.05) is 18.9 Å². The van der Waals surface area contributed by atoms with Crippen LogP contribution >= 0.6 is 0 Å². The molecule has 2 N–H and O–H groups in total. The molecule has 1 heterocycles. The van der Waals surface area contributed by atoms with Gasteiger partial charge < -0.3 is 5.11 Å². The van der Waals surface area contributed by atoms with Crippen LogP contribution in [0.1, 0.15) is 31.2 Å². The topological polar surface area (TPSA) is 96.4 Å². The van der Waals surface area contributed by atoms with Crippen molar-refractivity contribution in [3.8, 4) is 0 Å². The van der Waals surface area contributed by atoms with Crippen molar-refractivity contribution in [2.45, 2.75) is 32.1 Å². The van der Waals surface area contributed by atoms with Gasteiger partial charge in [-0.05, 0) is 37.0 Å². The Morgan fingerprint density at radius 1 is 1.29 bits per heavy atom. The summed E-state index contributed by atoms with van der Waals surface area (Å²) in [7, 11) is -3.47. The second-order valence-corrected chi connectivity index (χ2v) is 7.46. The molecule has 1 fully saturated rings. The van der Waals surface area contributed by atoms with Crippen LogP contribution in [-0.2, 0) is 21.2 Å². The van der Waals surface area contributed by atoms with Crippen molar-refractivity contribution in [2.75, 3.05) is 12.3 Å². The molecule has 1 saturated carbocycles. The van der Waals surface area contributed by atoms with Crippen LogP contribution in [0.5, 0.6) is 0 Å². The third kappa shape index (κ3) is 4.25. The van der Waals surface area contributed by atoms with Gasteiger partial charge in [0.05, 0.1) is 11.2 Å². The number of carboxylic acid groups (broad SMARTS) is 1. The molecule has 1 aliphatic carbocycles. The molecule has 21 heavy (non-hydrogen) atoms. The summed E-state index contributed by atoms with van der Waals surface area (Å²) in [5, 5.41) is 9.33. The normalized spacial score (nSPS) is 17.7. The molecular weight excluding hydrogens is 292 g/mol. The first kappa shape index (κ1) is 15.9. The zero-order chi connectivity index (χ0) is 15.3. The highest BCUT2D eigenvalue weighted by Crippen LogP contribution is 2.37. The maximum Gasteiger partial charge on any atom is 0.310 e. The van der Waals surface area contributed by atoms with Crippen LogP contribution in [0.25, 0.3) is 0 Å². The molecule has 0 saturated heterocycles. The summed E-state index contributed by atoms with van der Waals surface area (Å²) in [4.78, 5) is 15.3. The minimum Gasteiger partial charge on any atom is -0.481 e. The number of sulfonamides is 1. The second-order valence-electron chi connectivity index (χ2n) is 5.54. The summed E-state index contributed by atoms with van der Waals surface area (Å²) in [6.07, 6.45) is 6.37. The zero-order valence-electron chi connectivity index (χ0n) is 11.8. The van der Waals surface area contributed by atoms with Gasteiger partial charge in [-0.25, -0.2) is 13.1 Å². The molecule has 7 heteroatoms. The first-order chi connectivity index (χ1) is 9.94. The van der Waals surface area contributed by atoms with E-state index in [-0.39, 0.29) is 12.3 Å². The number of aryl methyl sites for hydroxylation is 1. The molecule has 0 spiro atoms. The van der Waals surface area contributed by atoms with Gasteiger partial charge in [-0.3, -0.25) is 9.78 Å². The third-order valence-electron chi connectivity index (χ3n) is 4.05. The molecule has 0 aliphatic heterocycles. The Labute approximate surface area is 124 Å². The fourth-order valence-electron chi connectivity index (χ4n) is 2.64. The van der Waals surface area contributed by atoms with Gasteiger partial charge in [0.2, 0.25) is 10.0 Å². The van der Waals surface area contributed by atoms with Crippen LogP contribution in [0, 0.1) is 5.41 Å². The number of aromatic nitrogens is 1. The number of hydrogen-bond acceptors (Lipinski definition) is 4. The number of carboxylic acids is 1. The molecular formula is C14H20N2O4S. The molecule has 6 nitrogen and oxygen atoms in total. The molecule has 0 bridgehead atoms. The monoisotopic (exact) mass is 312 g/mol. The third-order valence-corrected chi connectivity index (χ3v) is 5.38. The number of carbonyl (C=O) groups is 1. The molecule has 0 radical (unpaired) electrons. The van der Waals surface area contributed by atoms with E-state index in [0.717, 1.165) is 18.4 Å². The average molecular weight is 312 g/mol. The molecule has 0 amide bonds. The summed E-state index contributed by atoms with van der Waals surface area (Å²) in [6, 6.07) is 3.54. The van der Waals surface area contributed by atoms with E-state index in [1.807, 2.05) is 0 Å². The van der Waals surface area contributed by atoms with Gasteiger partial charge in [-0.1, -0.05) is 12.8 Å². The van der Waals surface area contributed by atoms with E-state index in [0.29, 0.717) is 19.3 Å². The van der Waals surface area contributed by atoms with Gasteiger partial charge in [0.1, 0.15) is 0 Å². The average Bonchev–Trinajstić information content (AvgIpc) is 2.95. The molecule has 1 aliphatic rings. The SMILES string of the molecule is O=C(O)C1(CNS(=O)(=O)CCc2ccncc2)CCCC1. The van der Waals surface area contributed by atoms with Gasteiger partial charge in [-0.2, -0.15) is 0 Å². The lowest BCUT2D eigenvalue weighted by Gasteiger charge is -2.23. The van der Waals surface area contributed by atoms with E-state index in [1.165, 1.54) is 0 Å². The van der Waals surface area contributed by atoms with E-state index < -0.39 is 21.4 Å². The molecule has 1 aromatic rings. The van der Waals surface area contributed by atoms with Crippen LogP contribution in [0.15, 0.2) is 24.5 Å². The smallest absolute Gasteiger partial charge is 0.310 e. The lowest BCUT2D eigenvalue weighted by molar-refractivity contribution is -0.148. The van der Waals surface area contributed by atoms with Gasteiger partial charge >= 0.3 is 5.97 Å². The summed E-state index contributed by atoms with van der Waals surface area (Å²) >= 11 is 0. The standard InChI is InChI=1S/C14H20N2O4S/c17-13(18)14(6-1-2-7-14)11-16-21(19,20)10-5-12-3-8-15-9-4-12/h3-4,8-9,16H,1-2,5-7,10-11H2,(H,17,18). The number of rotatable bonds is 7. The molecule has 2 rings (SSSR count). The Morgan fingerprint density at radius 3 is 2.48 bits per heavy atom. The minimum absolute atomic E-state index is 0.0129. The first-order valence-electron chi connectivity index (χ1n) is 7.03. The minimum atomic E-state index is -3.47. The maximum absolute atomic E-state index is 12.0. The Balaban J connectivity index is 1.90. The zero-order valence-corrected chi connectivity index (χ0v) is 12.6. The van der Waals surface area contributed by atoms with Crippen molar-refractivity contribution in [1.29, 1.82) is 0 Å². The number of hydrogen-bond donors (Lipinski definition) is 2. The van der Waals surface area contributed by atoms with Crippen LogP contribution in [0.3, 0.4) is 0 Å². The fourth-order valence-corrected chi connectivity index (χ4v) is 3.78. The predicted octanol–water partition coefficient (Wildman–Crippen LogP) is 1.19. The molecule has 0 unspecified atom stereocenters. The highest BCUT2D eigenvalue weighted by molar-refractivity contribution is 7.89. The van der Waals surface area contributed by atoms with E-state index in [1.54, 1.807) is 24.5 Å². The highest BCUT2D eigenvalue weighted by atomic mass is 32.2. The van der Waals surface area contributed by atoms with Crippen molar-refractivity contribution in [1.82, 2.24) is 9.71 Å². The van der Waals surface area contributed by atoms with Crippen molar-refractivity contribution in [2.24, 2.45) is 5.41 Å². The van der Waals surface area contributed by atoms with Crippen molar-refractivity contribution in [3.05, 3.63) is 30.1 Å². The summed E-state index contributed by atoms with van der Waals surface area (Å²) < 4.78 is 26.5. The van der Waals surface area contributed by atoms with E-state index in [9.17, 15) is 18.3 Å². The van der Waals surface area contributed by atoms with Gasteiger partial charge in [0.25, 0.3) is 0 Å². The molecule has 1 aromatic heterocycles. The Hall–Kier alpha value is -1.47. The van der Waals surface area contributed by atoms with E-state index in [2.05, 4.69) is 9.71 Å². The summed E-state index contributed by atoms with van der Waals surface area (Å²) in [5.74, 6) is -0.955. The quantitative estimate of drug-likeness (QED) is 0.788. The largest absolute Gasteiger partial charge is 0.481 e. The Bertz CT molecular complexity index is 580. The second kappa shape index (κ2) is 6.53. The van der Waals surface area contributed by atoms with Crippen molar-refractivity contribution < 1.29 is 18.3 Å².